The van der Waals surface area contributed by atoms with E-state index in [0.29, 0.717) is 19.4 Å². The molecule has 3 rings (SSSR count). The molecule has 0 fully saturated rings. The van der Waals surface area contributed by atoms with Crippen LogP contribution in [0.2, 0.25) is 0 Å². The van der Waals surface area contributed by atoms with E-state index in [1.54, 1.807) is 12.1 Å². The highest BCUT2D eigenvalue weighted by Gasteiger charge is 2.17. The Morgan fingerprint density at radius 2 is 1.57 bits per heavy atom. The summed E-state index contributed by atoms with van der Waals surface area (Å²) in [6.45, 7) is 0.622. The van der Waals surface area contributed by atoms with Crippen molar-refractivity contribution in [3.05, 3.63) is 47.0 Å². The summed E-state index contributed by atoms with van der Waals surface area (Å²) in [6, 6.07) is 7.72. The maximum Gasteiger partial charge on any atom is 0.158 e. The highest BCUT2D eigenvalue weighted by molar-refractivity contribution is 6.04. The van der Waals surface area contributed by atoms with E-state index in [1.165, 1.54) is 18.2 Å². The van der Waals surface area contributed by atoms with Crippen LogP contribution >= 0.6 is 0 Å². The Morgan fingerprint density at radius 1 is 0.857 bits per heavy atom. The van der Waals surface area contributed by atoms with Gasteiger partial charge in [-0.05, 0) is 41.8 Å². The Kier molecular flexibility index (Phi) is 3.17. The number of benzene rings is 2. The maximum absolute atomic E-state index is 9.66. The zero-order chi connectivity index (χ0) is 15.0. The molecule has 21 heavy (non-hydrogen) atoms. The molecule has 5 heteroatoms. The van der Waals surface area contributed by atoms with Crippen LogP contribution in [0.25, 0.3) is 0 Å². The molecule has 1 aliphatic rings. The summed E-state index contributed by atoms with van der Waals surface area (Å²) < 4.78 is 0. The molecular formula is C16H15NO4. The topological polar surface area (TPSA) is 93.3 Å². The van der Waals surface area contributed by atoms with Gasteiger partial charge in [0.25, 0.3) is 0 Å². The molecule has 5 nitrogen and oxygen atoms in total. The molecule has 0 unspecified atom stereocenters. The van der Waals surface area contributed by atoms with Gasteiger partial charge in [-0.3, -0.25) is 4.99 Å². The monoisotopic (exact) mass is 285 g/mol. The van der Waals surface area contributed by atoms with Gasteiger partial charge in [0.05, 0.1) is 0 Å². The van der Waals surface area contributed by atoms with E-state index in [-0.39, 0.29) is 23.0 Å². The molecule has 0 atom stereocenters. The smallest absolute Gasteiger partial charge is 0.158 e. The fourth-order valence-corrected chi connectivity index (χ4v) is 2.52. The van der Waals surface area contributed by atoms with Gasteiger partial charge in [-0.15, -0.1) is 0 Å². The van der Waals surface area contributed by atoms with Crippen molar-refractivity contribution in [3.8, 4) is 23.0 Å². The highest BCUT2D eigenvalue weighted by atomic mass is 16.3. The molecule has 0 spiro atoms. The second kappa shape index (κ2) is 5.01. The Balaban J connectivity index is 1.95. The molecule has 0 saturated carbocycles. The number of nitrogens with zero attached hydrogens (tertiary/aromatic N) is 1. The van der Waals surface area contributed by atoms with Crippen molar-refractivity contribution in [2.24, 2.45) is 4.99 Å². The average Bonchev–Trinajstić information content (AvgIpc) is 2.45. The largest absolute Gasteiger partial charge is 0.504 e. The van der Waals surface area contributed by atoms with E-state index in [4.69, 9.17) is 0 Å². The Hall–Kier alpha value is -2.69. The standard InChI is InChI=1S/C16H15NO4/c18-13-2-1-9(6-14(13)19)5-12-11-8-16(21)15(20)7-10(11)3-4-17-12/h1-2,6-8,18-21H,3-5H2. The van der Waals surface area contributed by atoms with Crippen LogP contribution in [-0.2, 0) is 12.8 Å². The van der Waals surface area contributed by atoms with Crippen LogP contribution in [0.4, 0.5) is 0 Å². The van der Waals surface area contributed by atoms with E-state index < -0.39 is 0 Å². The zero-order valence-electron chi connectivity index (χ0n) is 11.2. The van der Waals surface area contributed by atoms with Gasteiger partial charge in [0.2, 0.25) is 0 Å². The average molecular weight is 285 g/mol. The predicted octanol–water partition coefficient (Wildman–Crippen LogP) is 2.10. The van der Waals surface area contributed by atoms with E-state index in [2.05, 4.69) is 4.99 Å². The van der Waals surface area contributed by atoms with Crippen molar-refractivity contribution in [2.75, 3.05) is 6.54 Å². The lowest BCUT2D eigenvalue weighted by Gasteiger charge is -2.18. The van der Waals surface area contributed by atoms with E-state index in [1.807, 2.05) is 0 Å². The van der Waals surface area contributed by atoms with E-state index in [0.717, 1.165) is 22.4 Å². The minimum atomic E-state index is -0.170. The number of aromatic hydroxyl groups is 4. The quantitative estimate of drug-likeness (QED) is 0.636. The second-order valence-electron chi connectivity index (χ2n) is 5.08. The molecule has 2 aromatic rings. The van der Waals surface area contributed by atoms with Crippen LogP contribution in [0.15, 0.2) is 35.3 Å². The molecule has 0 aromatic heterocycles. The fourth-order valence-electron chi connectivity index (χ4n) is 2.52. The number of rotatable bonds is 2. The Bertz CT molecular complexity index is 737. The molecule has 0 saturated heterocycles. The molecule has 0 aliphatic carbocycles. The van der Waals surface area contributed by atoms with Crippen LogP contribution in [0.3, 0.4) is 0 Å². The van der Waals surface area contributed by atoms with Crippen molar-refractivity contribution >= 4 is 5.71 Å². The van der Waals surface area contributed by atoms with Crippen LogP contribution < -0.4 is 0 Å². The summed E-state index contributed by atoms with van der Waals surface area (Å²) in [5.41, 5.74) is 3.35. The van der Waals surface area contributed by atoms with E-state index >= 15 is 0 Å². The lowest BCUT2D eigenvalue weighted by atomic mass is 9.93. The lowest BCUT2D eigenvalue weighted by Crippen LogP contribution is -2.15. The normalized spacial score (nSPS) is 13.6. The molecule has 1 heterocycles. The molecule has 0 amide bonds. The molecule has 2 aromatic carbocycles. The number of aliphatic imine (C=N–C) groups is 1. The first kappa shape index (κ1) is 13.3. The number of phenols is 4. The third kappa shape index (κ3) is 2.50. The summed E-state index contributed by atoms with van der Waals surface area (Å²) in [7, 11) is 0. The molecule has 0 radical (unpaired) electrons. The molecule has 0 bridgehead atoms. The summed E-state index contributed by atoms with van der Waals surface area (Å²) >= 11 is 0. The number of hydrogen-bond acceptors (Lipinski definition) is 5. The molecule has 4 N–H and O–H groups in total. The van der Waals surface area contributed by atoms with Crippen LogP contribution in [0.1, 0.15) is 16.7 Å². The maximum atomic E-state index is 9.66. The number of hydrogen-bond donors (Lipinski definition) is 4. The SMILES string of the molecule is Oc1ccc(CC2=NCCc3cc(O)c(O)cc32)cc1O. The van der Waals surface area contributed by atoms with Crippen LogP contribution in [0.5, 0.6) is 23.0 Å². The van der Waals surface area contributed by atoms with Gasteiger partial charge in [0, 0.05) is 24.2 Å². The van der Waals surface area contributed by atoms with Gasteiger partial charge in [-0.2, -0.15) is 0 Å². The van der Waals surface area contributed by atoms with Crippen LogP contribution in [0, 0.1) is 0 Å². The highest BCUT2D eigenvalue weighted by Crippen LogP contribution is 2.32. The van der Waals surface area contributed by atoms with Crippen molar-refractivity contribution in [1.82, 2.24) is 0 Å². The summed E-state index contributed by atoms with van der Waals surface area (Å²) in [5, 5.41) is 38.1. The van der Waals surface area contributed by atoms with Crippen molar-refractivity contribution in [1.29, 1.82) is 0 Å². The predicted molar refractivity (Wildman–Crippen MR) is 78.4 cm³/mol. The van der Waals surface area contributed by atoms with Crippen molar-refractivity contribution in [2.45, 2.75) is 12.8 Å². The first-order chi connectivity index (χ1) is 10.0. The van der Waals surface area contributed by atoms with Gasteiger partial charge in [0.1, 0.15) is 0 Å². The number of fused-ring (bicyclic) bond motifs is 1. The van der Waals surface area contributed by atoms with Crippen molar-refractivity contribution in [3.63, 3.8) is 0 Å². The summed E-state index contributed by atoms with van der Waals surface area (Å²) in [4.78, 5) is 4.47. The summed E-state index contributed by atoms with van der Waals surface area (Å²) in [6.07, 6.45) is 1.19. The first-order valence-electron chi connectivity index (χ1n) is 6.64. The van der Waals surface area contributed by atoms with Gasteiger partial charge in [-0.1, -0.05) is 6.07 Å². The van der Waals surface area contributed by atoms with Gasteiger partial charge < -0.3 is 20.4 Å². The Labute approximate surface area is 121 Å². The lowest BCUT2D eigenvalue weighted by molar-refractivity contribution is 0.403. The van der Waals surface area contributed by atoms with Gasteiger partial charge in [-0.25, -0.2) is 0 Å². The fraction of sp³-hybridized carbons (Fsp3) is 0.188. The zero-order valence-corrected chi connectivity index (χ0v) is 11.2. The van der Waals surface area contributed by atoms with Gasteiger partial charge >= 0.3 is 0 Å². The molecular weight excluding hydrogens is 270 g/mol. The third-order valence-electron chi connectivity index (χ3n) is 3.61. The van der Waals surface area contributed by atoms with E-state index in [9.17, 15) is 20.4 Å². The molecule has 1 aliphatic heterocycles. The molecule has 108 valence electrons. The third-order valence-corrected chi connectivity index (χ3v) is 3.61. The van der Waals surface area contributed by atoms with Gasteiger partial charge in [0.15, 0.2) is 23.0 Å². The van der Waals surface area contributed by atoms with Crippen molar-refractivity contribution < 1.29 is 20.4 Å². The first-order valence-corrected chi connectivity index (χ1v) is 6.64. The summed E-state index contributed by atoms with van der Waals surface area (Å²) in [5.74, 6) is -0.626. The van der Waals surface area contributed by atoms with Crippen LogP contribution in [-0.4, -0.2) is 32.7 Å². The Morgan fingerprint density at radius 3 is 2.33 bits per heavy atom. The number of phenolic OH excluding ortho intramolecular Hbond substituents is 4. The minimum absolute atomic E-state index is 0.128. The minimum Gasteiger partial charge on any atom is -0.504 e. The second-order valence-corrected chi connectivity index (χ2v) is 5.08.